The first kappa shape index (κ1) is 22.1. The number of benzene rings is 2. The molecule has 1 aliphatic heterocycles. The van der Waals surface area contributed by atoms with E-state index in [1.54, 1.807) is 30.3 Å². The zero-order chi connectivity index (χ0) is 22.7. The van der Waals surface area contributed by atoms with E-state index in [9.17, 15) is 9.18 Å². The van der Waals surface area contributed by atoms with Gasteiger partial charge >= 0.3 is 5.97 Å². The molecule has 0 bridgehead atoms. The summed E-state index contributed by atoms with van der Waals surface area (Å²) in [5.74, 6) is 0.501. The summed E-state index contributed by atoms with van der Waals surface area (Å²) < 4.78 is 24.5. The van der Waals surface area contributed by atoms with Crippen molar-refractivity contribution >= 4 is 22.8 Å². The molecule has 4 rings (SSSR count). The number of carbonyl (C=O) groups is 1. The zero-order valence-electron chi connectivity index (χ0n) is 18.7. The van der Waals surface area contributed by atoms with Crippen LogP contribution >= 0.6 is 0 Å². The van der Waals surface area contributed by atoms with Crippen molar-refractivity contribution in [2.24, 2.45) is 5.92 Å². The summed E-state index contributed by atoms with van der Waals surface area (Å²) in [6.45, 7) is 8.49. The highest BCUT2D eigenvalue weighted by Crippen LogP contribution is 2.32. The zero-order valence-corrected chi connectivity index (χ0v) is 18.7. The lowest BCUT2D eigenvalue weighted by molar-refractivity contribution is 0.0488. The molecule has 0 amide bonds. The Morgan fingerprint density at radius 1 is 1.19 bits per heavy atom. The van der Waals surface area contributed by atoms with Crippen molar-refractivity contribution < 1.29 is 18.7 Å². The van der Waals surface area contributed by atoms with Gasteiger partial charge in [0.1, 0.15) is 11.5 Å². The van der Waals surface area contributed by atoms with Gasteiger partial charge in [-0.15, -0.1) is 0 Å². The molecule has 1 aliphatic rings. The average molecular weight is 438 g/mol. The van der Waals surface area contributed by atoms with E-state index in [0.29, 0.717) is 60.4 Å². The summed E-state index contributed by atoms with van der Waals surface area (Å²) in [7, 11) is 0. The minimum Gasteiger partial charge on any atom is -0.462 e. The summed E-state index contributed by atoms with van der Waals surface area (Å²) in [6, 6.07) is 11.6. The maximum atomic E-state index is 13.5. The van der Waals surface area contributed by atoms with Gasteiger partial charge in [0, 0.05) is 12.1 Å². The smallest absolute Gasteiger partial charge is 0.338 e. The molecule has 1 aromatic heterocycles. The molecule has 3 aromatic rings. The van der Waals surface area contributed by atoms with Crippen molar-refractivity contribution in [2.45, 2.75) is 33.2 Å². The minimum atomic E-state index is -0.363. The van der Waals surface area contributed by atoms with Gasteiger partial charge in [-0.2, -0.15) is 0 Å². The van der Waals surface area contributed by atoms with Gasteiger partial charge in [-0.25, -0.2) is 19.2 Å². The van der Waals surface area contributed by atoms with E-state index in [1.807, 2.05) is 0 Å². The third kappa shape index (κ3) is 4.88. The molecule has 0 saturated carbocycles. The van der Waals surface area contributed by atoms with Crippen LogP contribution in [-0.4, -0.2) is 48.3 Å². The highest BCUT2D eigenvalue weighted by molar-refractivity contribution is 5.94. The highest BCUT2D eigenvalue weighted by atomic mass is 19.1. The van der Waals surface area contributed by atoms with Gasteiger partial charge in [0.2, 0.25) is 0 Å². The third-order valence-electron chi connectivity index (χ3n) is 5.57. The first-order valence-electron chi connectivity index (χ1n) is 11.0. The molecule has 168 valence electrons. The molecule has 6 nitrogen and oxygen atoms in total. The van der Waals surface area contributed by atoms with Crippen LogP contribution in [0.2, 0.25) is 0 Å². The van der Waals surface area contributed by atoms with Gasteiger partial charge in [0.25, 0.3) is 0 Å². The van der Waals surface area contributed by atoms with Crippen LogP contribution in [0.1, 0.15) is 37.6 Å². The summed E-state index contributed by atoms with van der Waals surface area (Å²) in [5, 5.41) is 0. The fraction of sp³-hybridized carbons (Fsp3) is 0.400. The van der Waals surface area contributed by atoms with Crippen molar-refractivity contribution in [3.05, 3.63) is 53.8 Å². The normalized spacial score (nSPS) is 16.5. The Kier molecular flexibility index (Phi) is 6.65. The largest absolute Gasteiger partial charge is 0.462 e. The van der Waals surface area contributed by atoms with Crippen LogP contribution in [0.4, 0.5) is 10.2 Å². The monoisotopic (exact) mass is 437 g/mol. The van der Waals surface area contributed by atoms with E-state index < -0.39 is 0 Å². The van der Waals surface area contributed by atoms with Gasteiger partial charge in [0.05, 0.1) is 42.5 Å². The molecule has 7 heteroatoms. The number of ether oxygens (including phenoxy) is 2. The second-order valence-corrected chi connectivity index (χ2v) is 8.54. The number of hydrogen-bond donors (Lipinski definition) is 0. The SMILES string of the molecule is CC(C)CCOC(=O)c1ccc2nc(-c3ccc(F)cc3)c(N3CCOC[C@@H]3C)nc2c1. The first-order valence-corrected chi connectivity index (χ1v) is 11.0. The molecule has 2 heterocycles. The summed E-state index contributed by atoms with van der Waals surface area (Å²) >= 11 is 0. The number of aromatic nitrogens is 2. The standard InChI is InChI=1S/C25H28FN3O3/c1-16(2)10-12-32-25(30)19-6-9-21-22(14-19)28-24(29-11-13-31-15-17(29)3)23(27-21)18-4-7-20(26)8-5-18/h4-9,14,16-17H,10-13,15H2,1-3H3/t17-/m0/s1. The van der Waals surface area contributed by atoms with Crippen LogP contribution in [0, 0.1) is 11.7 Å². The topological polar surface area (TPSA) is 64.5 Å². The Balaban J connectivity index is 1.74. The van der Waals surface area contributed by atoms with E-state index >= 15 is 0 Å². The van der Waals surface area contributed by atoms with Crippen molar-refractivity contribution in [3.63, 3.8) is 0 Å². The maximum Gasteiger partial charge on any atom is 0.338 e. The first-order chi connectivity index (χ1) is 15.4. The third-order valence-corrected chi connectivity index (χ3v) is 5.57. The van der Waals surface area contributed by atoms with Crippen LogP contribution in [-0.2, 0) is 9.47 Å². The minimum absolute atomic E-state index is 0.110. The van der Waals surface area contributed by atoms with Gasteiger partial charge in [-0.1, -0.05) is 13.8 Å². The van der Waals surface area contributed by atoms with Crippen molar-refractivity contribution in [2.75, 3.05) is 31.3 Å². The van der Waals surface area contributed by atoms with Crippen LogP contribution in [0.25, 0.3) is 22.3 Å². The van der Waals surface area contributed by atoms with Crippen molar-refractivity contribution in [1.82, 2.24) is 9.97 Å². The van der Waals surface area contributed by atoms with Crippen molar-refractivity contribution in [3.8, 4) is 11.3 Å². The number of carbonyl (C=O) groups excluding carboxylic acids is 1. The quantitative estimate of drug-likeness (QED) is 0.513. The van der Waals surface area contributed by atoms with E-state index in [4.69, 9.17) is 19.4 Å². The number of halogens is 1. The Hall–Kier alpha value is -3.06. The fourth-order valence-electron chi connectivity index (χ4n) is 3.69. The Morgan fingerprint density at radius 3 is 2.69 bits per heavy atom. The number of hydrogen-bond acceptors (Lipinski definition) is 6. The lowest BCUT2D eigenvalue weighted by Gasteiger charge is -2.35. The molecule has 1 fully saturated rings. The number of nitrogens with zero attached hydrogens (tertiary/aromatic N) is 3. The van der Waals surface area contributed by atoms with Gasteiger partial charge in [-0.05, 0) is 61.7 Å². The van der Waals surface area contributed by atoms with E-state index in [1.165, 1.54) is 12.1 Å². The average Bonchev–Trinajstić information content (AvgIpc) is 2.78. The molecule has 0 N–H and O–H groups in total. The Morgan fingerprint density at radius 2 is 1.97 bits per heavy atom. The predicted octanol–water partition coefficient (Wildman–Crippen LogP) is 4.86. The lowest BCUT2D eigenvalue weighted by Crippen LogP contribution is -2.44. The molecule has 0 spiro atoms. The Labute approximate surface area is 187 Å². The van der Waals surface area contributed by atoms with E-state index in [-0.39, 0.29) is 17.8 Å². The molecule has 0 radical (unpaired) electrons. The van der Waals surface area contributed by atoms with Crippen LogP contribution in [0.3, 0.4) is 0 Å². The van der Waals surface area contributed by atoms with Gasteiger partial charge in [-0.3, -0.25) is 0 Å². The molecular formula is C25H28FN3O3. The number of esters is 1. The van der Waals surface area contributed by atoms with Crippen molar-refractivity contribution in [1.29, 1.82) is 0 Å². The molecular weight excluding hydrogens is 409 g/mol. The molecule has 1 atom stereocenters. The fourth-order valence-corrected chi connectivity index (χ4v) is 3.69. The second kappa shape index (κ2) is 9.61. The predicted molar refractivity (Wildman–Crippen MR) is 122 cm³/mol. The number of morpholine rings is 1. The second-order valence-electron chi connectivity index (χ2n) is 8.54. The number of anilines is 1. The lowest BCUT2D eigenvalue weighted by atomic mass is 10.1. The van der Waals surface area contributed by atoms with Crippen LogP contribution in [0.5, 0.6) is 0 Å². The van der Waals surface area contributed by atoms with Crippen LogP contribution < -0.4 is 4.90 Å². The van der Waals surface area contributed by atoms with Gasteiger partial charge < -0.3 is 14.4 Å². The van der Waals surface area contributed by atoms with Gasteiger partial charge in [0.15, 0.2) is 5.82 Å². The van der Waals surface area contributed by atoms with E-state index in [0.717, 1.165) is 12.0 Å². The number of fused-ring (bicyclic) bond motifs is 1. The number of rotatable bonds is 6. The summed E-state index contributed by atoms with van der Waals surface area (Å²) in [6.07, 6.45) is 0.819. The maximum absolute atomic E-state index is 13.5. The van der Waals surface area contributed by atoms with Crippen LogP contribution in [0.15, 0.2) is 42.5 Å². The summed E-state index contributed by atoms with van der Waals surface area (Å²) in [5.41, 5.74) is 3.19. The molecule has 0 aliphatic carbocycles. The molecule has 2 aromatic carbocycles. The molecule has 1 saturated heterocycles. The molecule has 0 unspecified atom stereocenters. The Bertz CT molecular complexity index is 1100. The highest BCUT2D eigenvalue weighted by Gasteiger charge is 2.25. The molecule has 32 heavy (non-hydrogen) atoms. The van der Waals surface area contributed by atoms with E-state index in [2.05, 4.69) is 25.7 Å². The summed E-state index contributed by atoms with van der Waals surface area (Å²) in [4.78, 5) is 24.4.